The molecule has 0 bridgehead atoms. The van der Waals surface area contributed by atoms with Gasteiger partial charge in [0.1, 0.15) is 0 Å². The summed E-state index contributed by atoms with van der Waals surface area (Å²) in [6.45, 7) is 0.844. The van der Waals surface area contributed by atoms with E-state index < -0.39 is 0 Å². The van der Waals surface area contributed by atoms with Gasteiger partial charge in [-0.3, -0.25) is 4.79 Å². The van der Waals surface area contributed by atoms with Crippen LogP contribution in [0, 0.1) is 0 Å². The van der Waals surface area contributed by atoms with Gasteiger partial charge in [-0.1, -0.05) is 29.8 Å². The minimum absolute atomic E-state index is 0.0935. The van der Waals surface area contributed by atoms with E-state index in [0.717, 1.165) is 12.2 Å². The fourth-order valence-corrected chi connectivity index (χ4v) is 3.28. The van der Waals surface area contributed by atoms with Crippen LogP contribution in [0.15, 0.2) is 36.4 Å². The number of nitrogens with one attached hydrogen (secondary N) is 2. The molecule has 2 aromatic rings. The second kappa shape index (κ2) is 7.69. The summed E-state index contributed by atoms with van der Waals surface area (Å²) in [5, 5.41) is 15.1. The van der Waals surface area contributed by atoms with Gasteiger partial charge < -0.3 is 15.7 Å². The SMILES string of the molecule is O=C(NCCO)c1ccc(NCc2ccc3c(c2)CCC3)cc1Cl. The molecule has 0 unspecified atom stereocenters. The van der Waals surface area contributed by atoms with E-state index in [1.807, 2.05) is 6.07 Å². The van der Waals surface area contributed by atoms with E-state index in [1.165, 1.54) is 36.0 Å². The summed E-state index contributed by atoms with van der Waals surface area (Å²) in [6.07, 6.45) is 3.62. The van der Waals surface area contributed by atoms with Crippen LogP contribution in [0.4, 0.5) is 5.69 Å². The minimum atomic E-state index is -0.278. The molecule has 0 spiro atoms. The van der Waals surface area contributed by atoms with E-state index in [9.17, 15) is 4.79 Å². The summed E-state index contributed by atoms with van der Waals surface area (Å²) in [7, 11) is 0. The third kappa shape index (κ3) is 3.89. The molecule has 24 heavy (non-hydrogen) atoms. The Balaban J connectivity index is 1.63. The lowest BCUT2D eigenvalue weighted by atomic mass is 10.1. The molecule has 0 aliphatic heterocycles. The predicted molar refractivity (Wildman–Crippen MR) is 96.7 cm³/mol. The molecule has 0 radical (unpaired) electrons. The van der Waals surface area contributed by atoms with Crippen molar-refractivity contribution in [2.24, 2.45) is 0 Å². The Morgan fingerprint density at radius 2 is 1.96 bits per heavy atom. The first-order valence-corrected chi connectivity index (χ1v) is 8.58. The van der Waals surface area contributed by atoms with Gasteiger partial charge >= 0.3 is 0 Å². The molecule has 3 rings (SSSR count). The van der Waals surface area contributed by atoms with Gasteiger partial charge in [-0.15, -0.1) is 0 Å². The van der Waals surface area contributed by atoms with E-state index in [-0.39, 0.29) is 19.1 Å². The molecule has 2 aromatic carbocycles. The van der Waals surface area contributed by atoms with Crippen molar-refractivity contribution < 1.29 is 9.90 Å². The summed E-state index contributed by atoms with van der Waals surface area (Å²) >= 11 is 6.20. The number of hydrogen-bond acceptors (Lipinski definition) is 3. The number of fused-ring (bicyclic) bond motifs is 1. The highest BCUT2D eigenvalue weighted by molar-refractivity contribution is 6.34. The van der Waals surface area contributed by atoms with Crippen molar-refractivity contribution >= 4 is 23.2 Å². The molecule has 0 atom stereocenters. The molecule has 1 aliphatic carbocycles. The molecule has 0 fully saturated rings. The van der Waals surface area contributed by atoms with Crippen LogP contribution in [0.1, 0.15) is 33.5 Å². The highest BCUT2D eigenvalue weighted by atomic mass is 35.5. The quantitative estimate of drug-likeness (QED) is 0.754. The van der Waals surface area contributed by atoms with Crippen LogP contribution >= 0.6 is 11.6 Å². The van der Waals surface area contributed by atoms with E-state index in [4.69, 9.17) is 16.7 Å². The Morgan fingerprint density at radius 1 is 1.12 bits per heavy atom. The van der Waals surface area contributed by atoms with Crippen molar-refractivity contribution in [3.63, 3.8) is 0 Å². The van der Waals surface area contributed by atoms with Gasteiger partial charge in [-0.25, -0.2) is 0 Å². The highest BCUT2D eigenvalue weighted by Gasteiger charge is 2.12. The second-order valence-corrected chi connectivity index (χ2v) is 6.39. The second-order valence-electron chi connectivity index (χ2n) is 5.98. The van der Waals surface area contributed by atoms with Crippen LogP contribution in [0.5, 0.6) is 0 Å². The number of carbonyl (C=O) groups excluding carboxylic acids is 1. The van der Waals surface area contributed by atoms with Gasteiger partial charge in [0.05, 0.1) is 17.2 Å². The standard InChI is InChI=1S/C19H21ClN2O2/c20-18-11-16(6-7-17(18)19(24)21-8-9-23)22-12-13-4-5-14-2-1-3-15(14)10-13/h4-7,10-11,22-23H,1-3,8-9,12H2,(H,21,24). The Hall–Kier alpha value is -2.04. The third-order valence-corrected chi connectivity index (χ3v) is 4.58. The van der Waals surface area contributed by atoms with Gasteiger partial charge in [-0.05, 0) is 54.2 Å². The maximum Gasteiger partial charge on any atom is 0.252 e. The van der Waals surface area contributed by atoms with Crippen LogP contribution in [0.25, 0.3) is 0 Å². The highest BCUT2D eigenvalue weighted by Crippen LogP contribution is 2.24. The average Bonchev–Trinajstić information content (AvgIpc) is 3.05. The lowest BCUT2D eigenvalue weighted by Crippen LogP contribution is -2.26. The van der Waals surface area contributed by atoms with Gasteiger partial charge in [0, 0.05) is 18.8 Å². The molecule has 0 saturated carbocycles. The molecule has 3 N–H and O–H groups in total. The van der Waals surface area contributed by atoms with Crippen molar-refractivity contribution in [1.82, 2.24) is 5.32 Å². The van der Waals surface area contributed by atoms with E-state index >= 15 is 0 Å². The number of amides is 1. The van der Waals surface area contributed by atoms with E-state index in [0.29, 0.717) is 10.6 Å². The smallest absolute Gasteiger partial charge is 0.252 e. The lowest BCUT2D eigenvalue weighted by molar-refractivity contribution is 0.0945. The number of hydrogen-bond donors (Lipinski definition) is 3. The normalized spacial score (nSPS) is 12.8. The monoisotopic (exact) mass is 344 g/mol. The Bertz CT molecular complexity index is 746. The molecule has 1 amide bonds. The van der Waals surface area contributed by atoms with E-state index in [2.05, 4.69) is 28.8 Å². The fourth-order valence-electron chi connectivity index (χ4n) is 3.01. The number of rotatable bonds is 6. The molecule has 1 aliphatic rings. The topological polar surface area (TPSA) is 61.4 Å². The predicted octanol–water partition coefficient (Wildman–Crippen LogP) is 3.16. The number of benzene rings is 2. The molecule has 0 heterocycles. The van der Waals surface area contributed by atoms with Gasteiger partial charge in [0.15, 0.2) is 0 Å². The molecular formula is C19H21ClN2O2. The maximum absolute atomic E-state index is 11.9. The summed E-state index contributed by atoms with van der Waals surface area (Å²) in [5.74, 6) is -0.278. The molecule has 0 saturated heterocycles. The van der Waals surface area contributed by atoms with Crippen molar-refractivity contribution in [3.05, 3.63) is 63.7 Å². The number of aliphatic hydroxyl groups is 1. The van der Waals surface area contributed by atoms with Crippen LogP contribution in [-0.4, -0.2) is 24.2 Å². The van der Waals surface area contributed by atoms with E-state index in [1.54, 1.807) is 12.1 Å². The van der Waals surface area contributed by atoms with Gasteiger partial charge in [0.2, 0.25) is 0 Å². The van der Waals surface area contributed by atoms with Crippen molar-refractivity contribution in [2.75, 3.05) is 18.5 Å². The first-order chi connectivity index (χ1) is 11.7. The Labute approximate surface area is 146 Å². The summed E-state index contributed by atoms with van der Waals surface area (Å²) in [6, 6.07) is 11.9. The van der Waals surface area contributed by atoms with Crippen molar-refractivity contribution in [2.45, 2.75) is 25.8 Å². The summed E-state index contributed by atoms with van der Waals surface area (Å²) < 4.78 is 0. The zero-order valence-corrected chi connectivity index (χ0v) is 14.2. The number of aliphatic hydroxyl groups excluding tert-OH is 1. The van der Waals surface area contributed by atoms with Crippen LogP contribution in [0.3, 0.4) is 0 Å². The zero-order chi connectivity index (χ0) is 16.9. The zero-order valence-electron chi connectivity index (χ0n) is 13.4. The third-order valence-electron chi connectivity index (χ3n) is 4.27. The molecule has 126 valence electrons. The maximum atomic E-state index is 11.9. The minimum Gasteiger partial charge on any atom is -0.395 e. The summed E-state index contributed by atoms with van der Waals surface area (Å²) in [5.41, 5.74) is 5.47. The number of aryl methyl sites for hydroxylation is 2. The van der Waals surface area contributed by atoms with Crippen LogP contribution in [0.2, 0.25) is 5.02 Å². The lowest BCUT2D eigenvalue weighted by Gasteiger charge is -2.11. The van der Waals surface area contributed by atoms with Gasteiger partial charge in [-0.2, -0.15) is 0 Å². The molecule has 4 nitrogen and oxygen atoms in total. The van der Waals surface area contributed by atoms with Crippen molar-refractivity contribution in [1.29, 1.82) is 0 Å². The number of carbonyl (C=O) groups is 1. The Kier molecular flexibility index (Phi) is 5.38. The fraction of sp³-hybridized carbons (Fsp3) is 0.316. The largest absolute Gasteiger partial charge is 0.395 e. The number of anilines is 1. The van der Waals surface area contributed by atoms with Crippen molar-refractivity contribution in [3.8, 4) is 0 Å². The first kappa shape index (κ1) is 16.8. The molecule has 5 heteroatoms. The molecule has 0 aromatic heterocycles. The number of halogens is 1. The van der Waals surface area contributed by atoms with Crippen LogP contribution in [-0.2, 0) is 19.4 Å². The van der Waals surface area contributed by atoms with Crippen LogP contribution < -0.4 is 10.6 Å². The van der Waals surface area contributed by atoms with Gasteiger partial charge in [0.25, 0.3) is 5.91 Å². The Morgan fingerprint density at radius 3 is 2.75 bits per heavy atom. The summed E-state index contributed by atoms with van der Waals surface area (Å²) in [4.78, 5) is 11.9. The molecular weight excluding hydrogens is 324 g/mol. The average molecular weight is 345 g/mol. The first-order valence-electron chi connectivity index (χ1n) is 8.20.